The minimum Gasteiger partial charge on any atom is -0.461 e. The van der Waals surface area contributed by atoms with E-state index in [0.29, 0.717) is 41.7 Å². The van der Waals surface area contributed by atoms with Crippen molar-refractivity contribution in [2.24, 2.45) is 0 Å². The van der Waals surface area contributed by atoms with Crippen LogP contribution in [0.25, 0.3) is 22.5 Å². The van der Waals surface area contributed by atoms with Crippen LogP contribution in [0, 0.1) is 0 Å². The molecule has 0 saturated heterocycles. The second kappa shape index (κ2) is 18.8. The van der Waals surface area contributed by atoms with Gasteiger partial charge in [0.2, 0.25) is 0 Å². The first-order chi connectivity index (χ1) is 28.7. The highest BCUT2D eigenvalue weighted by Gasteiger charge is 2.42. The average Bonchev–Trinajstić information content (AvgIpc) is 3.87. The van der Waals surface area contributed by atoms with Gasteiger partial charge in [-0.15, -0.1) is 5.10 Å². The van der Waals surface area contributed by atoms with Crippen molar-refractivity contribution in [2.45, 2.75) is 44.5 Å². The molecule has 0 aliphatic rings. The van der Waals surface area contributed by atoms with Crippen LogP contribution in [0.1, 0.15) is 64.5 Å². The maximum Gasteiger partial charge on any atom is 0.356 e. The van der Waals surface area contributed by atoms with Crippen molar-refractivity contribution in [3.05, 3.63) is 179 Å². The third-order valence-corrected chi connectivity index (χ3v) is 11.5. The Bertz CT molecular complexity index is 2480. The van der Waals surface area contributed by atoms with E-state index in [4.69, 9.17) is 24.2 Å². The van der Waals surface area contributed by atoms with Crippen LogP contribution in [-0.2, 0) is 43.3 Å². The zero-order chi connectivity index (χ0) is 41.2. The molecule has 302 valence electrons. The van der Waals surface area contributed by atoms with Crippen LogP contribution in [0.2, 0.25) is 0 Å². The monoisotopic (exact) mass is 826 g/mol. The van der Waals surface area contributed by atoms with Gasteiger partial charge in [0.15, 0.2) is 11.5 Å². The normalized spacial score (nSPS) is 11.8. The molecule has 2 heterocycles. The smallest absolute Gasteiger partial charge is 0.356 e. The fourth-order valence-electron chi connectivity index (χ4n) is 7.47. The van der Waals surface area contributed by atoms with Crippen molar-refractivity contribution in [1.82, 2.24) is 29.8 Å². The Labute approximate surface area is 349 Å². The van der Waals surface area contributed by atoms with E-state index >= 15 is 0 Å². The Morgan fingerprint density at radius 2 is 1.34 bits per heavy atom. The number of nitrogens with zero attached hydrogens (tertiary/aromatic N) is 6. The summed E-state index contributed by atoms with van der Waals surface area (Å²) < 4.78 is 37.2. The van der Waals surface area contributed by atoms with Crippen LogP contribution in [-0.4, -0.2) is 69.4 Å². The molecule has 7 rings (SSSR count). The third-order valence-electron chi connectivity index (χ3n) is 9.96. The number of ether oxygens (including phenoxy) is 1. The largest absolute Gasteiger partial charge is 0.461 e. The van der Waals surface area contributed by atoms with Gasteiger partial charge >= 0.3 is 5.97 Å². The lowest BCUT2D eigenvalue weighted by Gasteiger charge is -2.36. The van der Waals surface area contributed by atoms with Gasteiger partial charge in [0.25, 0.3) is 10.1 Å². The first-order valence-corrected chi connectivity index (χ1v) is 22.5. The van der Waals surface area contributed by atoms with E-state index in [-0.39, 0.29) is 13.2 Å². The fraction of sp³-hybridized carbons (Fsp3) is 0.239. The molecule has 59 heavy (non-hydrogen) atoms. The summed E-state index contributed by atoms with van der Waals surface area (Å²) in [5.41, 5.74) is 6.93. The van der Waals surface area contributed by atoms with E-state index in [0.717, 1.165) is 57.4 Å². The SMILES string of the molecule is CCCc1nc(CSCCOS(C)(=O)=O)c(C(=O)OCC)n1Cc1ccc(-c2ccccc2-c2nnnn2C(c2ccccc2)(c2ccccc2)c2ccccc2)cc1. The standard InChI is InChI=1S/C46H46N6O5S2/c1-4-17-42-47-41(33-58-31-30-57-59(3,54)55)43(45(53)56-5-2)51(42)32-34-26-28-35(29-27-34)39-24-15-16-25-40(39)44-48-49-50-52(44)46(36-18-9-6-10-19-36,37-20-11-7-12-21-37)38-22-13-8-14-23-38/h6-16,18-29H,4-5,17,30-33H2,1-3H3. The van der Waals surface area contributed by atoms with E-state index in [1.807, 2.05) is 76.0 Å². The predicted octanol–water partition coefficient (Wildman–Crippen LogP) is 8.43. The van der Waals surface area contributed by atoms with Gasteiger partial charge in [-0.1, -0.05) is 146 Å². The van der Waals surface area contributed by atoms with E-state index in [1.165, 1.54) is 11.8 Å². The number of imidazole rings is 1. The van der Waals surface area contributed by atoms with E-state index < -0.39 is 21.6 Å². The van der Waals surface area contributed by atoms with Crippen molar-refractivity contribution in [1.29, 1.82) is 0 Å². The summed E-state index contributed by atoms with van der Waals surface area (Å²) in [6, 6.07) is 47.5. The van der Waals surface area contributed by atoms with Gasteiger partial charge < -0.3 is 9.30 Å². The van der Waals surface area contributed by atoms with Crippen LogP contribution < -0.4 is 0 Å². The molecule has 0 bridgehead atoms. The summed E-state index contributed by atoms with van der Waals surface area (Å²) in [7, 11) is -3.53. The van der Waals surface area contributed by atoms with Crippen molar-refractivity contribution in [3.8, 4) is 22.5 Å². The molecule has 0 N–H and O–H groups in total. The molecule has 0 aliphatic carbocycles. The molecule has 2 aromatic heterocycles. The number of hydrogen-bond donors (Lipinski definition) is 0. The lowest BCUT2D eigenvalue weighted by molar-refractivity contribution is 0.0513. The van der Waals surface area contributed by atoms with E-state index in [9.17, 15) is 13.2 Å². The first kappa shape index (κ1) is 41.3. The first-order valence-electron chi connectivity index (χ1n) is 19.6. The molecule has 0 fully saturated rings. The van der Waals surface area contributed by atoms with Crippen LogP contribution in [0.15, 0.2) is 140 Å². The van der Waals surface area contributed by atoms with Gasteiger partial charge in [0.1, 0.15) is 11.4 Å². The highest BCUT2D eigenvalue weighted by Crippen LogP contribution is 2.43. The summed E-state index contributed by atoms with van der Waals surface area (Å²) >= 11 is 1.45. The lowest BCUT2D eigenvalue weighted by atomic mass is 9.77. The second-order valence-corrected chi connectivity index (χ2v) is 16.7. The number of carbonyl (C=O) groups excluding carboxylic acids is 1. The fourth-order valence-corrected chi connectivity index (χ4v) is 8.70. The number of esters is 1. The Hall–Kier alpha value is -5.89. The lowest BCUT2D eigenvalue weighted by Crippen LogP contribution is -2.39. The molecule has 0 aliphatic heterocycles. The van der Waals surface area contributed by atoms with Gasteiger partial charge in [0.05, 0.1) is 25.2 Å². The Kier molecular flexibility index (Phi) is 13.1. The molecular weight excluding hydrogens is 781 g/mol. The van der Waals surface area contributed by atoms with Gasteiger partial charge in [-0.25, -0.2) is 14.5 Å². The Morgan fingerprint density at radius 1 is 0.763 bits per heavy atom. The van der Waals surface area contributed by atoms with Crippen LogP contribution >= 0.6 is 11.8 Å². The Balaban J connectivity index is 1.26. The van der Waals surface area contributed by atoms with Crippen molar-refractivity contribution in [2.75, 3.05) is 25.2 Å². The second-order valence-electron chi connectivity index (χ2n) is 13.9. The zero-order valence-corrected chi connectivity index (χ0v) is 34.9. The topological polar surface area (TPSA) is 131 Å². The average molecular weight is 827 g/mol. The molecule has 11 nitrogen and oxygen atoms in total. The summed E-state index contributed by atoms with van der Waals surface area (Å²) in [5.74, 6) is 1.79. The number of benzene rings is 5. The number of carbonyl (C=O) groups is 1. The number of hydrogen-bond acceptors (Lipinski definition) is 10. The van der Waals surface area contributed by atoms with Crippen LogP contribution in [0.5, 0.6) is 0 Å². The van der Waals surface area contributed by atoms with Crippen LogP contribution in [0.4, 0.5) is 0 Å². The third kappa shape index (κ3) is 9.07. The van der Waals surface area contributed by atoms with Crippen molar-refractivity contribution >= 4 is 27.8 Å². The summed E-state index contributed by atoms with van der Waals surface area (Å²) in [5, 5.41) is 13.8. The molecule has 13 heteroatoms. The van der Waals surface area contributed by atoms with Crippen molar-refractivity contribution in [3.63, 3.8) is 0 Å². The van der Waals surface area contributed by atoms with Crippen LogP contribution in [0.3, 0.4) is 0 Å². The van der Waals surface area contributed by atoms with Crippen molar-refractivity contribution < 1.29 is 22.1 Å². The molecule has 0 saturated carbocycles. The minimum absolute atomic E-state index is 0.0408. The Morgan fingerprint density at radius 3 is 1.90 bits per heavy atom. The number of thioether (sulfide) groups is 1. The number of tetrazole rings is 1. The number of aromatic nitrogens is 6. The molecule has 0 amide bonds. The van der Waals surface area contributed by atoms with E-state index in [1.54, 1.807) is 6.92 Å². The van der Waals surface area contributed by atoms with Gasteiger partial charge in [-0.3, -0.25) is 4.18 Å². The molecule has 7 aromatic rings. The zero-order valence-electron chi connectivity index (χ0n) is 33.3. The quantitative estimate of drug-likeness (QED) is 0.0360. The van der Waals surface area contributed by atoms with E-state index in [2.05, 4.69) is 84.9 Å². The van der Waals surface area contributed by atoms with Gasteiger partial charge in [-0.2, -0.15) is 20.2 Å². The predicted molar refractivity (Wildman–Crippen MR) is 232 cm³/mol. The maximum absolute atomic E-state index is 13.5. The minimum atomic E-state index is -3.53. The summed E-state index contributed by atoms with van der Waals surface area (Å²) in [6.45, 7) is 4.53. The summed E-state index contributed by atoms with van der Waals surface area (Å²) in [6.07, 6.45) is 2.54. The highest BCUT2D eigenvalue weighted by atomic mass is 32.2. The molecule has 5 aromatic carbocycles. The number of rotatable bonds is 18. The van der Waals surface area contributed by atoms with Gasteiger partial charge in [-0.05, 0) is 57.2 Å². The molecular formula is C46H46N6O5S2. The maximum atomic E-state index is 13.5. The van der Waals surface area contributed by atoms with Gasteiger partial charge in [0, 0.05) is 30.0 Å². The molecule has 0 atom stereocenters. The highest BCUT2D eigenvalue weighted by molar-refractivity contribution is 7.98. The molecule has 0 radical (unpaired) electrons. The summed E-state index contributed by atoms with van der Waals surface area (Å²) in [4.78, 5) is 18.4. The number of aryl methyl sites for hydroxylation is 1. The molecule has 0 unspecified atom stereocenters. The molecule has 0 spiro atoms.